The summed E-state index contributed by atoms with van der Waals surface area (Å²) in [5.74, 6) is -2.07. The average molecular weight is 415 g/mol. The Morgan fingerprint density at radius 2 is 1.59 bits per heavy atom. The van der Waals surface area contributed by atoms with Gasteiger partial charge in [0.2, 0.25) is 0 Å². The number of hydrogen-bond donors (Lipinski definition) is 1. The van der Waals surface area contributed by atoms with E-state index < -0.39 is 17.7 Å². The molecule has 0 atom stereocenters. The number of hydrogen-bond acceptors (Lipinski definition) is 6. The van der Waals surface area contributed by atoms with Gasteiger partial charge in [-0.3, -0.25) is 0 Å². The van der Waals surface area contributed by atoms with Crippen molar-refractivity contribution in [3.63, 3.8) is 0 Å². The van der Waals surface area contributed by atoms with E-state index in [4.69, 9.17) is 25.8 Å². The van der Waals surface area contributed by atoms with Crippen molar-refractivity contribution >= 4 is 34.3 Å². The lowest BCUT2D eigenvalue weighted by Gasteiger charge is -2.20. The summed E-state index contributed by atoms with van der Waals surface area (Å²) >= 11 is 6.49. The van der Waals surface area contributed by atoms with Crippen LogP contribution < -0.4 is 0 Å². The number of aromatic hydroxyl groups is 1. The normalized spacial score (nSPS) is 10.8. The van der Waals surface area contributed by atoms with Crippen LogP contribution in [-0.2, 0) is 20.8 Å². The predicted molar refractivity (Wildman–Crippen MR) is 109 cm³/mol. The maximum Gasteiger partial charge on any atom is 0.342 e. The molecule has 6 nitrogen and oxygen atoms in total. The van der Waals surface area contributed by atoms with Gasteiger partial charge in [-0.1, -0.05) is 48.0 Å². The average Bonchev–Trinajstić information content (AvgIpc) is 2.73. The summed E-state index contributed by atoms with van der Waals surface area (Å²) in [6, 6.07) is 12.2. The molecule has 0 aliphatic carbocycles. The van der Waals surface area contributed by atoms with Gasteiger partial charge in [0.1, 0.15) is 11.3 Å². The quantitative estimate of drug-likeness (QED) is 0.615. The second kappa shape index (κ2) is 8.51. The molecule has 1 N–H and O–H groups in total. The summed E-state index contributed by atoms with van der Waals surface area (Å²) in [4.78, 5) is 25.4. The topological polar surface area (TPSA) is 82.1 Å². The number of rotatable bonds is 5. The van der Waals surface area contributed by atoms with E-state index in [-0.39, 0.29) is 17.7 Å². The van der Waals surface area contributed by atoms with Crippen LogP contribution in [0.2, 0.25) is 5.02 Å². The minimum atomic E-state index is -0.866. The largest absolute Gasteiger partial charge is 0.506 e. The third kappa shape index (κ3) is 3.52. The van der Waals surface area contributed by atoms with E-state index in [0.717, 1.165) is 5.56 Å². The molecule has 0 bridgehead atoms. The van der Waals surface area contributed by atoms with Gasteiger partial charge in [0, 0.05) is 28.5 Å². The molecule has 3 rings (SSSR count). The first-order valence-electron chi connectivity index (χ1n) is 8.67. The second-order valence-electron chi connectivity index (χ2n) is 6.21. The minimum absolute atomic E-state index is 0.124. The molecular formula is C22H19ClO6. The number of carbonyl (C=O) groups is 2. The Bertz CT molecular complexity index is 1110. The van der Waals surface area contributed by atoms with E-state index in [0.29, 0.717) is 26.9 Å². The molecule has 150 valence electrons. The monoisotopic (exact) mass is 414 g/mol. The summed E-state index contributed by atoms with van der Waals surface area (Å²) in [6.45, 7) is 0.261. The Labute approximate surface area is 172 Å². The molecule has 7 heteroatoms. The van der Waals surface area contributed by atoms with E-state index in [1.54, 1.807) is 37.4 Å². The lowest BCUT2D eigenvalue weighted by atomic mass is 9.86. The van der Waals surface area contributed by atoms with Gasteiger partial charge < -0.3 is 19.3 Å². The standard InChI is InChI=1S/C22H19ClO6/c1-27-11-12-7-4-5-8-13(12)17-16-14(9-6-10-15(16)23)20(24)19(22(26)29-3)18(17)21(25)28-2/h4-10,24H,11H2,1-3H3. The zero-order valence-electron chi connectivity index (χ0n) is 16.1. The summed E-state index contributed by atoms with van der Waals surface area (Å²) < 4.78 is 15.1. The smallest absolute Gasteiger partial charge is 0.342 e. The van der Waals surface area contributed by atoms with Gasteiger partial charge in [-0.2, -0.15) is 0 Å². The summed E-state index contributed by atoms with van der Waals surface area (Å²) in [7, 11) is 3.92. The molecule has 0 saturated heterocycles. The molecule has 29 heavy (non-hydrogen) atoms. The highest BCUT2D eigenvalue weighted by Crippen LogP contribution is 2.45. The van der Waals surface area contributed by atoms with Crippen molar-refractivity contribution in [3.05, 3.63) is 64.2 Å². The summed E-state index contributed by atoms with van der Waals surface area (Å²) in [6.07, 6.45) is 0. The number of benzene rings is 3. The van der Waals surface area contributed by atoms with Crippen molar-refractivity contribution < 1.29 is 28.9 Å². The van der Waals surface area contributed by atoms with Crippen molar-refractivity contribution in [2.24, 2.45) is 0 Å². The fourth-order valence-electron chi connectivity index (χ4n) is 3.40. The lowest BCUT2D eigenvalue weighted by molar-refractivity contribution is 0.0553. The first-order valence-corrected chi connectivity index (χ1v) is 9.05. The number of ether oxygens (including phenoxy) is 3. The molecule has 0 radical (unpaired) electrons. The maximum absolute atomic E-state index is 12.8. The molecule has 0 heterocycles. The van der Waals surface area contributed by atoms with Gasteiger partial charge in [0.25, 0.3) is 0 Å². The number of esters is 2. The Kier molecular flexibility index (Phi) is 6.06. The highest BCUT2D eigenvalue weighted by Gasteiger charge is 2.31. The maximum atomic E-state index is 12.8. The lowest BCUT2D eigenvalue weighted by Crippen LogP contribution is -2.15. The Hall–Kier alpha value is -3.09. The molecule has 0 saturated carbocycles. The van der Waals surface area contributed by atoms with E-state index in [9.17, 15) is 14.7 Å². The summed E-state index contributed by atoms with van der Waals surface area (Å²) in [5.41, 5.74) is 1.35. The Balaban J connectivity index is 2.62. The fraction of sp³-hybridized carbons (Fsp3) is 0.182. The van der Waals surface area contributed by atoms with E-state index >= 15 is 0 Å². The van der Waals surface area contributed by atoms with Crippen LogP contribution in [0.3, 0.4) is 0 Å². The molecule has 0 aliphatic heterocycles. The first kappa shape index (κ1) is 20.6. The van der Waals surface area contributed by atoms with E-state index in [1.807, 2.05) is 12.1 Å². The zero-order chi connectivity index (χ0) is 21.1. The van der Waals surface area contributed by atoms with Crippen molar-refractivity contribution in [3.8, 4) is 16.9 Å². The number of phenolic OH excluding ortho intramolecular Hbond substituents is 1. The molecule has 0 spiro atoms. The van der Waals surface area contributed by atoms with Crippen LogP contribution in [-0.4, -0.2) is 38.4 Å². The van der Waals surface area contributed by atoms with Gasteiger partial charge in [-0.05, 0) is 17.2 Å². The number of methoxy groups -OCH3 is 3. The first-order chi connectivity index (χ1) is 14.0. The highest BCUT2D eigenvalue weighted by atomic mass is 35.5. The molecule has 3 aromatic rings. The second-order valence-corrected chi connectivity index (χ2v) is 6.62. The van der Waals surface area contributed by atoms with Gasteiger partial charge in [-0.15, -0.1) is 0 Å². The number of halogens is 1. The van der Waals surface area contributed by atoms with E-state index in [1.165, 1.54) is 14.2 Å². The highest BCUT2D eigenvalue weighted by molar-refractivity contribution is 6.38. The van der Waals surface area contributed by atoms with Crippen LogP contribution in [0.5, 0.6) is 5.75 Å². The van der Waals surface area contributed by atoms with Crippen LogP contribution in [0.4, 0.5) is 0 Å². The van der Waals surface area contributed by atoms with Crippen molar-refractivity contribution in [2.75, 3.05) is 21.3 Å². The molecule has 0 fully saturated rings. The van der Waals surface area contributed by atoms with Crippen LogP contribution in [0, 0.1) is 0 Å². The molecule has 0 unspecified atom stereocenters. The van der Waals surface area contributed by atoms with E-state index in [2.05, 4.69) is 0 Å². The third-order valence-electron chi connectivity index (χ3n) is 4.62. The van der Waals surface area contributed by atoms with Crippen LogP contribution in [0.1, 0.15) is 26.3 Å². The van der Waals surface area contributed by atoms with Gasteiger partial charge in [-0.25, -0.2) is 9.59 Å². The van der Waals surface area contributed by atoms with Gasteiger partial charge in [0.15, 0.2) is 0 Å². The molecule has 0 amide bonds. The van der Waals surface area contributed by atoms with Gasteiger partial charge >= 0.3 is 11.9 Å². The van der Waals surface area contributed by atoms with Crippen LogP contribution >= 0.6 is 11.6 Å². The zero-order valence-corrected chi connectivity index (χ0v) is 16.9. The Morgan fingerprint density at radius 3 is 2.24 bits per heavy atom. The number of phenols is 1. The minimum Gasteiger partial charge on any atom is -0.506 e. The molecular weight excluding hydrogens is 396 g/mol. The predicted octanol–water partition coefficient (Wildman–Crippen LogP) is 4.59. The van der Waals surface area contributed by atoms with Gasteiger partial charge in [0.05, 0.1) is 26.4 Å². The number of carbonyl (C=O) groups excluding carboxylic acids is 2. The number of fused-ring (bicyclic) bond motifs is 1. The van der Waals surface area contributed by atoms with Crippen molar-refractivity contribution in [1.82, 2.24) is 0 Å². The fourth-order valence-corrected chi connectivity index (χ4v) is 3.67. The van der Waals surface area contributed by atoms with Crippen LogP contribution in [0.25, 0.3) is 21.9 Å². The van der Waals surface area contributed by atoms with Crippen molar-refractivity contribution in [2.45, 2.75) is 6.61 Å². The molecule has 3 aromatic carbocycles. The SMILES string of the molecule is COCc1ccccc1-c1c(C(=O)OC)c(C(=O)OC)c(O)c2cccc(Cl)c12. The van der Waals surface area contributed by atoms with Crippen molar-refractivity contribution in [1.29, 1.82) is 0 Å². The third-order valence-corrected chi connectivity index (χ3v) is 4.94. The molecule has 0 aromatic heterocycles. The summed E-state index contributed by atoms with van der Waals surface area (Å²) in [5, 5.41) is 11.9. The Morgan fingerprint density at radius 1 is 0.931 bits per heavy atom. The molecule has 0 aliphatic rings. The van der Waals surface area contributed by atoms with Crippen LogP contribution in [0.15, 0.2) is 42.5 Å².